The first-order valence-corrected chi connectivity index (χ1v) is 19.1. The quantitative estimate of drug-likeness (QED) is 0.266. The predicted octanol–water partition coefficient (Wildman–Crippen LogP) is 10.9. The molecule has 6 rings (SSSR count). The number of rotatable bonds is 2. The fourth-order valence-corrected chi connectivity index (χ4v) is 7.57. The minimum atomic E-state index is 0. The molecule has 8 heteroatoms. The Bertz CT molecular complexity index is 1150. The van der Waals surface area contributed by atoms with Gasteiger partial charge >= 0.3 is 21.1 Å². The van der Waals surface area contributed by atoms with Gasteiger partial charge < -0.3 is 60.0 Å². The van der Waals surface area contributed by atoms with E-state index in [1.54, 1.807) is 0 Å². The van der Waals surface area contributed by atoms with E-state index in [1.165, 1.54) is 105 Å². The summed E-state index contributed by atoms with van der Waals surface area (Å²) >= 11 is 0. The van der Waals surface area contributed by atoms with Crippen LogP contribution in [0.3, 0.4) is 0 Å². The Balaban J connectivity index is 0. The molecule has 4 N–H and O–H groups in total. The normalized spacial score (nSPS) is 25.0. The van der Waals surface area contributed by atoms with Crippen molar-refractivity contribution >= 4 is 0 Å². The molecule has 3 fully saturated rings. The molecule has 2 aromatic carbocycles. The zero-order valence-corrected chi connectivity index (χ0v) is 41.2. The van der Waals surface area contributed by atoms with Crippen molar-refractivity contribution in [2.24, 2.45) is 17.8 Å². The largest absolute Gasteiger partial charge is 2.00 e. The Hall–Kier alpha value is -0.843. The molecule has 4 aliphatic rings. The van der Waals surface area contributed by atoms with Crippen LogP contribution < -0.4 is 0 Å². The van der Waals surface area contributed by atoms with Crippen LogP contribution in [-0.2, 0) is 42.1 Å². The summed E-state index contributed by atoms with van der Waals surface area (Å²) in [5, 5.41) is 18.7. The molecule has 6 unspecified atom stereocenters. The van der Waals surface area contributed by atoms with E-state index >= 15 is 0 Å². The first kappa shape index (κ1) is 53.3. The molecular weight excluding hydrogens is 984 g/mol. The second-order valence-corrected chi connectivity index (χ2v) is 15.9. The van der Waals surface area contributed by atoms with Crippen LogP contribution >= 0.6 is 0 Å². The van der Waals surface area contributed by atoms with Gasteiger partial charge in [-0.15, -0.1) is 32.2 Å². The number of hydrogen-bond donors (Lipinski definition) is 0. The summed E-state index contributed by atoms with van der Waals surface area (Å²) in [7, 11) is 0. The van der Waals surface area contributed by atoms with Gasteiger partial charge in [0.25, 0.3) is 0 Å². The Morgan fingerprint density at radius 2 is 0.942 bits per heavy atom. The fraction of sp³-hybridized carbons (Fsp3) is 0.682. The van der Waals surface area contributed by atoms with Gasteiger partial charge in [0.2, 0.25) is 0 Å². The van der Waals surface area contributed by atoms with Gasteiger partial charge in [-0.25, -0.2) is 34.6 Å². The van der Waals surface area contributed by atoms with Crippen molar-refractivity contribution in [2.75, 3.05) is 26.2 Å². The molecular formula is C44H74N4O2W2-8. The minimum Gasteiger partial charge on any atom is -0.731 e. The third-order valence-electron chi connectivity index (χ3n) is 12.3. The third kappa shape index (κ3) is 15.0. The molecule has 0 radical (unpaired) electrons. The van der Waals surface area contributed by atoms with Gasteiger partial charge in [-0.1, -0.05) is 112 Å². The van der Waals surface area contributed by atoms with E-state index < -0.39 is 0 Å². The van der Waals surface area contributed by atoms with Crippen LogP contribution in [-0.4, -0.2) is 55.3 Å². The Morgan fingerprint density at radius 3 is 1.25 bits per heavy atom. The molecule has 2 aromatic rings. The summed E-state index contributed by atoms with van der Waals surface area (Å²) < 4.78 is 0. The Morgan fingerprint density at radius 1 is 0.577 bits per heavy atom. The van der Waals surface area contributed by atoms with Crippen molar-refractivity contribution < 1.29 is 53.1 Å². The summed E-state index contributed by atoms with van der Waals surface area (Å²) in [6.07, 6.45) is 11.9. The number of nitrogens with zero attached hydrogens (tertiary/aromatic N) is 4. The molecule has 0 saturated carbocycles. The van der Waals surface area contributed by atoms with E-state index in [1.807, 2.05) is 0 Å². The summed E-state index contributed by atoms with van der Waals surface area (Å²) in [5.74, 6) is 2.54. The van der Waals surface area contributed by atoms with Gasteiger partial charge in [0, 0.05) is 21.1 Å². The average Bonchev–Trinajstić information content (AvgIpc) is 3.35. The van der Waals surface area contributed by atoms with E-state index in [4.69, 9.17) is 10.6 Å². The zero-order chi connectivity index (χ0) is 35.7. The maximum atomic E-state index is 4.74. The molecule has 3 saturated heterocycles. The monoisotopic (exact) mass is 1060 g/mol. The molecule has 4 heterocycles. The van der Waals surface area contributed by atoms with E-state index in [0.29, 0.717) is 18.1 Å². The Labute approximate surface area is 348 Å². The molecule has 302 valence electrons. The van der Waals surface area contributed by atoms with Crippen molar-refractivity contribution in [2.45, 2.75) is 154 Å². The molecule has 0 spiro atoms. The summed E-state index contributed by atoms with van der Waals surface area (Å²) in [6.45, 7) is 35.2. The van der Waals surface area contributed by atoms with E-state index in [-0.39, 0.29) is 53.1 Å². The zero-order valence-electron chi connectivity index (χ0n) is 35.3. The number of hydrogen-bond acceptors (Lipinski definition) is 0. The maximum Gasteiger partial charge on any atom is 2.00 e. The van der Waals surface area contributed by atoms with Crippen LogP contribution in [0, 0.1) is 87.0 Å². The second kappa shape index (κ2) is 25.3. The average molecular weight is 1060 g/mol. The van der Waals surface area contributed by atoms with Crippen LogP contribution in [0.25, 0.3) is 21.3 Å². The van der Waals surface area contributed by atoms with Gasteiger partial charge in [-0.05, 0) is 24.7 Å². The van der Waals surface area contributed by atoms with Gasteiger partial charge in [-0.3, -0.25) is 0 Å². The van der Waals surface area contributed by atoms with Gasteiger partial charge in [0.15, 0.2) is 0 Å². The van der Waals surface area contributed by atoms with Gasteiger partial charge in [-0.2, -0.15) is 45.6 Å². The van der Waals surface area contributed by atoms with Crippen molar-refractivity contribution in [3.63, 3.8) is 0 Å². The molecule has 0 bridgehead atoms. The molecule has 52 heavy (non-hydrogen) atoms. The van der Waals surface area contributed by atoms with Crippen molar-refractivity contribution in [1.82, 2.24) is 0 Å². The molecule has 0 aliphatic carbocycles. The van der Waals surface area contributed by atoms with E-state index in [9.17, 15) is 0 Å². The third-order valence-corrected chi connectivity index (χ3v) is 12.3. The number of piperidine rings is 3. The van der Waals surface area contributed by atoms with E-state index in [0.717, 1.165) is 43.9 Å². The molecule has 4 aliphatic heterocycles. The first-order valence-electron chi connectivity index (χ1n) is 19.1. The standard InChI is InChI=1S/C12H22N2.C12H18N2.2C10H15.2H2O.2W/c2*1-9-3-5-13-11(7-9)12-8-10(2)4-6-14-12;2*1-6-7(2)9(4)10(5)8(6)3;;;;/h9-12H,3-8H2,1-2H3;3,7,10,12H,4-6,8H2,1-2H3;2*1-5H3;2*1H2;;/q2*-2;-5;-1;;;;+2. The topological polar surface area (TPSA) is 119 Å². The molecule has 0 amide bonds. The van der Waals surface area contributed by atoms with Crippen LogP contribution in [0.5, 0.6) is 0 Å². The Kier molecular flexibility index (Phi) is 26.0. The van der Waals surface area contributed by atoms with Crippen molar-refractivity contribution in [3.8, 4) is 0 Å². The van der Waals surface area contributed by atoms with Crippen LogP contribution in [0.4, 0.5) is 0 Å². The predicted molar refractivity (Wildman–Crippen MR) is 220 cm³/mol. The van der Waals surface area contributed by atoms with Gasteiger partial charge in [0.05, 0.1) is 0 Å². The van der Waals surface area contributed by atoms with Crippen LogP contribution in [0.2, 0.25) is 0 Å². The van der Waals surface area contributed by atoms with Crippen molar-refractivity contribution in [1.29, 1.82) is 0 Å². The smallest absolute Gasteiger partial charge is 0.731 e. The minimum absolute atomic E-state index is 0. The SMILES string of the molecule is CC1=CC[N-]C(C2CC(C)CC[N-]2)=C1.CC1CC[N-]C(C2CC(C)CC[N-]2)C1.C[c-]1[c-](C)[c-](C)[c-](C)[c-]1C.Cc1c(C)c(C)[c-](C)c1C.O.O.[W+2].[W]. The van der Waals surface area contributed by atoms with Crippen LogP contribution in [0.1, 0.15) is 122 Å². The summed E-state index contributed by atoms with van der Waals surface area (Å²) in [4.78, 5) is 0. The molecule has 6 nitrogen and oxygen atoms in total. The maximum absolute atomic E-state index is 4.74. The van der Waals surface area contributed by atoms with E-state index in [2.05, 4.69) is 120 Å². The van der Waals surface area contributed by atoms with Crippen LogP contribution in [0.15, 0.2) is 23.4 Å². The summed E-state index contributed by atoms with van der Waals surface area (Å²) in [5.41, 5.74) is 17.2. The molecule has 6 atom stereocenters. The molecule has 0 aromatic heterocycles. The summed E-state index contributed by atoms with van der Waals surface area (Å²) in [6, 6.07) is 1.49. The fourth-order valence-electron chi connectivity index (χ4n) is 7.57. The first-order chi connectivity index (χ1) is 22.6. The second-order valence-electron chi connectivity index (χ2n) is 15.9. The van der Waals surface area contributed by atoms with Gasteiger partial charge in [0.1, 0.15) is 0 Å². The van der Waals surface area contributed by atoms with Crippen molar-refractivity contribution in [3.05, 3.63) is 100 Å². The number of allylic oxidation sites excluding steroid dienone is 2.